The van der Waals surface area contributed by atoms with Gasteiger partial charge in [0.1, 0.15) is 0 Å². The second-order valence-corrected chi connectivity index (χ2v) is 4.59. The number of alkyl halides is 3. The number of hydrogen-bond donors (Lipinski definition) is 1. The van der Waals surface area contributed by atoms with E-state index in [1.807, 2.05) is 30.5 Å². The summed E-state index contributed by atoms with van der Waals surface area (Å²) in [5.41, 5.74) is 0.937. The molecule has 0 saturated carbocycles. The van der Waals surface area contributed by atoms with Gasteiger partial charge in [0.05, 0.1) is 0 Å². The minimum atomic E-state index is -4.09. The third-order valence-corrected chi connectivity index (χ3v) is 3.39. The molecule has 0 aromatic heterocycles. The standard InChI is InChI=1S/C12H16F3NS/c1-16-10(7-8-12(13,14)15)9-5-3-4-6-11(9)17-2/h3-6,10,16H,7-8H2,1-2H3. The fourth-order valence-electron chi connectivity index (χ4n) is 1.72. The van der Waals surface area contributed by atoms with Crippen molar-refractivity contribution in [1.29, 1.82) is 0 Å². The first-order valence-corrected chi connectivity index (χ1v) is 6.57. The number of rotatable bonds is 5. The molecule has 0 heterocycles. The van der Waals surface area contributed by atoms with E-state index >= 15 is 0 Å². The van der Waals surface area contributed by atoms with E-state index in [1.54, 1.807) is 18.8 Å². The van der Waals surface area contributed by atoms with Gasteiger partial charge in [-0.1, -0.05) is 18.2 Å². The van der Waals surface area contributed by atoms with Gasteiger partial charge in [0.2, 0.25) is 0 Å². The predicted molar refractivity (Wildman–Crippen MR) is 65.3 cm³/mol. The summed E-state index contributed by atoms with van der Waals surface area (Å²) in [5.74, 6) is 0. The van der Waals surface area contributed by atoms with Crippen molar-refractivity contribution in [3.05, 3.63) is 29.8 Å². The van der Waals surface area contributed by atoms with Crippen molar-refractivity contribution in [3.63, 3.8) is 0 Å². The lowest BCUT2D eigenvalue weighted by molar-refractivity contribution is -0.136. The van der Waals surface area contributed by atoms with E-state index in [-0.39, 0.29) is 12.5 Å². The van der Waals surface area contributed by atoms with E-state index in [9.17, 15) is 13.2 Å². The van der Waals surface area contributed by atoms with E-state index in [0.29, 0.717) is 0 Å². The lowest BCUT2D eigenvalue weighted by Crippen LogP contribution is -2.20. The van der Waals surface area contributed by atoms with Crippen LogP contribution in [0, 0.1) is 0 Å². The first kappa shape index (κ1) is 14.4. The number of hydrogen-bond acceptors (Lipinski definition) is 2. The molecule has 0 bridgehead atoms. The van der Waals surface area contributed by atoms with Gasteiger partial charge in [-0.3, -0.25) is 0 Å². The summed E-state index contributed by atoms with van der Waals surface area (Å²) in [6, 6.07) is 7.31. The van der Waals surface area contributed by atoms with Gasteiger partial charge in [-0.05, 0) is 31.4 Å². The number of benzene rings is 1. The lowest BCUT2D eigenvalue weighted by atomic mass is 10.0. The maximum atomic E-state index is 12.2. The Morgan fingerprint density at radius 3 is 2.47 bits per heavy atom. The molecule has 96 valence electrons. The first-order chi connectivity index (χ1) is 7.98. The summed E-state index contributed by atoms with van der Waals surface area (Å²) >= 11 is 1.55. The second kappa shape index (κ2) is 6.31. The highest BCUT2D eigenvalue weighted by Crippen LogP contribution is 2.31. The van der Waals surface area contributed by atoms with E-state index in [0.717, 1.165) is 10.5 Å². The summed E-state index contributed by atoms with van der Waals surface area (Å²) in [7, 11) is 1.69. The van der Waals surface area contributed by atoms with Crippen LogP contribution < -0.4 is 5.32 Å². The third kappa shape index (κ3) is 4.60. The van der Waals surface area contributed by atoms with E-state index in [4.69, 9.17) is 0 Å². The van der Waals surface area contributed by atoms with Crippen molar-refractivity contribution in [2.24, 2.45) is 0 Å². The first-order valence-electron chi connectivity index (χ1n) is 5.35. The molecule has 1 nitrogen and oxygen atoms in total. The molecule has 0 fully saturated rings. The van der Waals surface area contributed by atoms with Crippen LogP contribution in [0.25, 0.3) is 0 Å². The van der Waals surface area contributed by atoms with Crippen molar-refractivity contribution < 1.29 is 13.2 Å². The topological polar surface area (TPSA) is 12.0 Å². The van der Waals surface area contributed by atoms with Crippen molar-refractivity contribution in [2.45, 2.75) is 30.0 Å². The fourth-order valence-corrected chi connectivity index (χ4v) is 2.38. The van der Waals surface area contributed by atoms with E-state index in [2.05, 4.69) is 5.32 Å². The third-order valence-electron chi connectivity index (χ3n) is 2.58. The minimum Gasteiger partial charge on any atom is -0.313 e. The molecule has 1 rings (SSSR count). The Bertz CT molecular complexity index is 352. The molecule has 1 unspecified atom stereocenters. The Balaban J connectivity index is 2.79. The monoisotopic (exact) mass is 263 g/mol. The number of halogens is 3. The molecule has 1 atom stereocenters. The second-order valence-electron chi connectivity index (χ2n) is 3.74. The van der Waals surface area contributed by atoms with Crippen LogP contribution in [-0.4, -0.2) is 19.5 Å². The van der Waals surface area contributed by atoms with Gasteiger partial charge >= 0.3 is 6.18 Å². The van der Waals surface area contributed by atoms with Crippen LogP contribution in [0.5, 0.6) is 0 Å². The molecule has 1 aromatic carbocycles. The van der Waals surface area contributed by atoms with Crippen LogP contribution in [0.15, 0.2) is 29.2 Å². The Morgan fingerprint density at radius 1 is 1.29 bits per heavy atom. The molecule has 17 heavy (non-hydrogen) atoms. The smallest absolute Gasteiger partial charge is 0.313 e. The Kier molecular flexibility index (Phi) is 5.33. The molecule has 1 N–H and O–H groups in total. The molecular weight excluding hydrogens is 247 g/mol. The van der Waals surface area contributed by atoms with Crippen molar-refractivity contribution >= 4 is 11.8 Å². The normalized spacial score (nSPS) is 13.7. The molecular formula is C12H16F3NS. The summed E-state index contributed by atoms with van der Waals surface area (Å²) in [6.07, 6.45) is -2.86. The zero-order valence-electron chi connectivity index (χ0n) is 9.84. The van der Waals surface area contributed by atoms with Crippen molar-refractivity contribution in [2.75, 3.05) is 13.3 Å². The maximum Gasteiger partial charge on any atom is 0.389 e. The molecule has 0 aliphatic rings. The number of nitrogens with one attached hydrogen (secondary N) is 1. The van der Waals surface area contributed by atoms with E-state index < -0.39 is 12.6 Å². The van der Waals surface area contributed by atoms with E-state index in [1.165, 1.54) is 0 Å². The SMILES string of the molecule is CNC(CCC(F)(F)F)c1ccccc1SC. The van der Waals surface area contributed by atoms with Gasteiger partial charge in [-0.2, -0.15) is 13.2 Å². The van der Waals surface area contributed by atoms with Gasteiger partial charge < -0.3 is 5.32 Å². The van der Waals surface area contributed by atoms with Gasteiger partial charge in [0.25, 0.3) is 0 Å². The lowest BCUT2D eigenvalue weighted by Gasteiger charge is -2.20. The Morgan fingerprint density at radius 2 is 1.94 bits per heavy atom. The summed E-state index contributed by atoms with van der Waals surface area (Å²) < 4.78 is 36.7. The molecule has 0 amide bonds. The van der Waals surface area contributed by atoms with Crippen molar-refractivity contribution in [1.82, 2.24) is 5.32 Å². The summed E-state index contributed by atoms with van der Waals surface area (Å²) in [6.45, 7) is 0. The molecule has 1 aromatic rings. The van der Waals surface area contributed by atoms with Gasteiger partial charge in [0, 0.05) is 17.4 Å². The Labute approximate surface area is 104 Å². The van der Waals surface area contributed by atoms with Crippen LogP contribution in [0.1, 0.15) is 24.4 Å². The average Bonchev–Trinajstić information content (AvgIpc) is 2.29. The quantitative estimate of drug-likeness (QED) is 0.805. The van der Waals surface area contributed by atoms with Gasteiger partial charge in [-0.15, -0.1) is 11.8 Å². The average molecular weight is 263 g/mol. The predicted octanol–water partition coefficient (Wildman–Crippen LogP) is 4.01. The van der Waals surface area contributed by atoms with Crippen LogP contribution in [-0.2, 0) is 0 Å². The maximum absolute atomic E-state index is 12.2. The molecule has 0 aliphatic carbocycles. The number of thioether (sulfide) groups is 1. The van der Waals surface area contributed by atoms with Crippen LogP contribution >= 0.6 is 11.8 Å². The fraction of sp³-hybridized carbons (Fsp3) is 0.500. The van der Waals surface area contributed by atoms with Crippen LogP contribution in [0.4, 0.5) is 13.2 Å². The molecule has 0 aliphatic heterocycles. The highest BCUT2D eigenvalue weighted by atomic mass is 32.2. The zero-order valence-corrected chi connectivity index (χ0v) is 10.7. The van der Waals surface area contributed by atoms with Crippen molar-refractivity contribution in [3.8, 4) is 0 Å². The molecule has 0 radical (unpaired) electrons. The summed E-state index contributed by atoms with van der Waals surface area (Å²) in [5, 5.41) is 2.95. The Hall–Kier alpha value is -0.680. The highest BCUT2D eigenvalue weighted by molar-refractivity contribution is 7.98. The van der Waals surface area contributed by atoms with Crippen LogP contribution in [0.2, 0.25) is 0 Å². The highest BCUT2D eigenvalue weighted by Gasteiger charge is 2.28. The molecule has 0 saturated heterocycles. The zero-order chi connectivity index (χ0) is 12.9. The van der Waals surface area contributed by atoms with Crippen LogP contribution in [0.3, 0.4) is 0 Å². The molecule has 0 spiro atoms. The molecule has 5 heteroatoms. The van der Waals surface area contributed by atoms with Gasteiger partial charge in [-0.25, -0.2) is 0 Å². The van der Waals surface area contributed by atoms with Gasteiger partial charge in [0.15, 0.2) is 0 Å². The minimum absolute atomic E-state index is 0.0670. The largest absolute Gasteiger partial charge is 0.389 e. The summed E-state index contributed by atoms with van der Waals surface area (Å²) in [4.78, 5) is 1.02.